The largest absolute Gasteiger partial charge is 0.353 e. The van der Waals surface area contributed by atoms with E-state index in [1.165, 1.54) is 19.3 Å². The number of nitrogens with zero attached hydrogens (tertiary/aromatic N) is 3. The molecule has 0 aliphatic carbocycles. The van der Waals surface area contributed by atoms with Gasteiger partial charge in [-0.3, -0.25) is 0 Å². The standard InChI is InChI=1S/C17H20Cl2N4/c1-2-13-5-3-4-10-23(13)16-8-9-20-17(22-16)21-15-7-6-12(18)11-14(15)19/h6-9,11,13H,2-5,10H2,1H3,(H,20,21,22). The number of halogens is 2. The van der Waals surface area contributed by atoms with Crippen LogP contribution in [0, 0.1) is 0 Å². The monoisotopic (exact) mass is 350 g/mol. The van der Waals surface area contributed by atoms with Crippen LogP contribution >= 0.6 is 23.2 Å². The first-order valence-corrected chi connectivity index (χ1v) is 8.74. The van der Waals surface area contributed by atoms with Gasteiger partial charge in [-0.05, 0) is 49.9 Å². The molecule has 1 aliphatic rings. The van der Waals surface area contributed by atoms with Gasteiger partial charge in [0.1, 0.15) is 5.82 Å². The lowest BCUT2D eigenvalue weighted by Crippen LogP contribution is -2.39. The smallest absolute Gasteiger partial charge is 0.229 e. The van der Waals surface area contributed by atoms with Gasteiger partial charge in [-0.2, -0.15) is 4.98 Å². The summed E-state index contributed by atoms with van der Waals surface area (Å²) in [5.41, 5.74) is 0.749. The zero-order chi connectivity index (χ0) is 16.2. The molecule has 1 aliphatic heterocycles. The number of anilines is 3. The Hall–Kier alpha value is -1.52. The molecule has 1 aromatic heterocycles. The van der Waals surface area contributed by atoms with E-state index >= 15 is 0 Å². The Kier molecular flexibility index (Phi) is 5.23. The first-order valence-electron chi connectivity index (χ1n) is 7.99. The maximum atomic E-state index is 6.20. The lowest BCUT2D eigenvalue weighted by molar-refractivity contribution is 0.447. The molecule has 1 unspecified atom stereocenters. The minimum absolute atomic E-state index is 0.548. The lowest BCUT2D eigenvalue weighted by atomic mass is 10.0. The van der Waals surface area contributed by atoms with Crippen LogP contribution in [-0.2, 0) is 0 Å². The fraction of sp³-hybridized carbons (Fsp3) is 0.412. The molecule has 2 heterocycles. The van der Waals surface area contributed by atoms with Gasteiger partial charge in [0.2, 0.25) is 5.95 Å². The summed E-state index contributed by atoms with van der Waals surface area (Å²) in [6, 6.07) is 7.86. The third-order valence-electron chi connectivity index (χ3n) is 4.21. The van der Waals surface area contributed by atoms with Gasteiger partial charge in [-0.25, -0.2) is 4.98 Å². The highest BCUT2D eigenvalue weighted by Gasteiger charge is 2.22. The highest BCUT2D eigenvalue weighted by atomic mass is 35.5. The van der Waals surface area contributed by atoms with Crippen molar-refractivity contribution in [2.75, 3.05) is 16.8 Å². The van der Waals surface area contributed by atoms with Crippen LogP contribution in [0.2, 0.25) is 10.0 Å². The Labute approximate surface area is 146 Å². The summed E-state index contributed by atoms with van der Waals surface area (Å²) in [5.74, 6) is 1.52. The Morgan fingerprint density at radius 3 is 2.91 bits per heavy atom. The predicted octanol–water partition coefficient (Wildman–Crippen LogP) is 5.30. The van der Waals surface area contributed by atoms with E-state index in [0.717, 1.165) is 24.5 Å². The van der Waals surface area contributed by atoms with Crippen molar-refractivity contribution in [1.29, 1.82) is 0 Å². The van der Waals surface area contributed by atoms with Crippen molar-refractivity contribution < 1.29 is 0 Å². The number of nitrogens with one attached hydrogen (secondary N) is 1. The Morgan fingerprint density at radius 2 is 2.13 bits per heavy atom. The van der Waals surface area contributed by atoms with Gasteiger partial charge in [0.25, 0.3) is 0 Å². The number of hydrogen-bond acceptors (Lipinski definition) is 4. The van der Waals surface area contributed by atoms with E-state index in [1.54, 1.807) is 18.3 Å². The number of rotatable bonds is 4. The maximum Gasteiger partial charge on any atom is 0.229 e. The maximum absolute atomic E-state index is 6.20. The topological polar surface area (TPSA) is 41.1 Å². The van der Waals surface area contributed by atoms with Crippen molar-refractivity contribution in [1.82, 2.24) is 9.97 Å². The van der Waals surface area contributed by atoms with Gasteiger partial charge in [-0.15, -0.1) is 0 Å². The van der Waals surface area contributed by atoms with Crippen LogP contribution in [0.3, 0.4) is 0 Å². The second kappa shape index (κ2) is 7.37. The van der Waals surface area contributed by atoms with Crippen molar-refractivity contribution >= 4 is 40.7 Å². The van der Waals surface area contributed by atoms with Crippen LogP contribution in [-0.4, -0.2) is 22.6 Å². The van der Waals surface area contributed by atoms with Crippen LogP contribution in [0.1, 0.15) is 32.6 Å². The van der Waals surface area contributed by atoms with Crippen molar-refractivity contribution in [2.24, 2.45) is 0 Å². The summed E-state index contributed by atoms with van der Waals surface area (Å²) >= 11 is 12.1. The molecule has 1 aromatic carbocycles. The third-order valence-corrected chi connectivity index (χ3v) is 4.76. The van der Waals surface area contributed by atoms with Crippen molar-refractivity contribution in [3.63, 3.8) is 0 Å². The third kappa shape index (κ3) is 3.88. The molecule has 3 rings (SSSR count). The van der Waals surface area contributed by atoms with Gasteiger partial charge in [-0.1, -0.05) is 30.1 Å². The Balaban J connectivity index is 1.82. The molecular weight excluding hydrogens is 331 g/mol. The number of benzene rings is 1. The predicted molar refractivity (Wildman–Crippen MR) is 97.1 cm³/mol. The average Bonchev–Trinajstić information content (AvgIpc) is 2.58. The minimum atomic E-state index is 0.548. The SMILES string of the molecule is CCC1CCCCN1c1ccnc(Nc2ccc(Cl)cc2Cl)n1. The second-order valence-electron chi connectivity index (χ2n) is 5.74. The molecule has 0 radical (unpaired) electrons. The van der Waals surface area contributed by atoms with Gasteiger partial charge in [0.05, 0.1) is 10.7 Å². The van der Waals surface area contributed by atoms with E-state index in [0.29, 0.717) is 22.0 Å². The molecule has 1 saturated heterocycles. The fourth-order valence-electron chi connectivity index (χ4n) is 3.01. The second-order valence-corrected chi connectivity index (χ2v) is 6.58. The summed E-state index contributed by atoms with van der Waals surface area (Å²) in [4.78, 5) is 11.4. The van der Waals surface area contributed by atoms with E-state index in [4.69, 9.17) is 23.2 Å². The average molecular weight is 351 g/mol. The van der Waals surface area contributed by atoms with Crippen molar-refractivity contribution in [2.45, 2.75) is 38.6 Å². The highest BCUT2D eigenvalue weighted by Crippen LogP contribution is 2.29. The van der Waals surface area contributed by atoms with Crippen LogP contribution < -0.4 is 10.2 Å². The number of aromatic nitrogens is 2. The van der Waals surface area contributed by atoms with E-state index in [-0.39, 0.29) is 0 Å². The number of piperidine rings is 1. The molecule has 1 fully saturated rings. The summed E-state index contributed by atoms with van der Waals surface area (Å²) in [6.07, 6.45) is 6.66. The first kappa shape index (κ1) is 16.3. The molecule has 1 atom stereocenters. The van der Waals surface area contributed by atoms with E-state index < -0.39 is 0 Å². The normalized spacial score (nSPS) is 18.0. The molecule has 0 spiro atoms. The van der Waals surface area contributed by atoms with Crippen molar-refractivity contribution in [3.05, 3.63) is 40.5 Å². The van der Waals surface area contributed by atoms with E-state index in [1.807, 2.05) is 12.1 Å². The molecule has 0 amide bonds. The van der Waals surface area contributed by atoms with Gasteiger partial charge >= 0.3 is 0 Å². The van der Waals surface area contributed by atoms with Crippen LogP contribution in [0.15, 0.2) is 30.5 Å². The molecule has 2 aromatic rings. The summed E-state index contributed by atoms with van der Waals surface area (Å²) in [5, 5.41) is 4.33. The van der Waals surface area contributed by atoms with Crippen molar-refractivity contribution in [3.8, 4) is 0 Å². The van der Waals surface area contributed by atoms with Crippen LogP contribution in [0.25, 0.3) is 0 Å². The lowest BCUT2D eigenvalue weighted by Gasteiger charge is -2.36. The Bertz CT molecular complexity index is 677. The summed E-state index contributed by atoms with van der Waals surface area (Å²) < 4.78 is 0. The molecule has 4 nitrogen and oxygen atoms in total. The first-order chi connectivity index (χ1) is 11.2. The van der Waals surface area contributed by atoms with Gasteiger partial charge < -0.3 is 10.2 Å². The molecule has 0 bridgehead atoms. The molecule has 122 valence electrons. The zero-order valence-electron chi connectivity index (χ0n) is 13.1. The molecule has 1 N–H and O–H groups in total. The van der Waals surface area contributed by atoms with Gasteiger partial charge in [0, 0.05) is 23.8 Å². The highest BCUT2D eigenvalue weighted by molar-refractivity contribution is 6.36. The summed E-state index contributed by atoms with van der Waals surface area (Å²) in [7, 11) is 0. The van der Waals surface area contributed by atoms with E-state index in [2.05, 4.69) is 27.1 Å². The molecule has 0 saturated carbocycles. The fourth-order valence-corrected chi connectivity index (χ4v) is 3.46. The summed E-state index contributed by atoms with van der Waals surface area (Å²) in [6.45, 7) is 3.29. The Morgan fingerprint density at radius 1 is 1.26 bits per heavy atom. The molecular formula is C17H20Cl2N4. The van der Waals surface area contributed by atoms with E-state index in [9.17, 15) is 0 Å². The van der Waals surface area contributed by atoms with Crippen LogP contribution in [0.5, 0.6) is 0 Å². The van der Waals surface area contributed by atoms with Gasteiger partial charge in [0.15, 0.2) is 0 Å². The molecule has 23 heavy (non-hydrogen) atoms. The minimum Gasteiger partial charge on any atom is -0.353 e. The van der Waals surface area contributed by atoms with Crippen LogP contribution in [0.4, 0.5) is 17.5 Å². The molecule has 6 heteroatoms. The number of hydrogen-bond donors (Lipinski definition) is 1. The zero-order valence-corrected chi connectivity index (χ0v) is 14.6. The quantitative estimate of drug-likeness (QED) is 0.812.